The molecule has 110 valence electrons. The van der Waals surface area contributed by atoms with E-state index < -0.39 is 0 Å². The first-order valence-corrected chi connectivity index (χ1v) is 6.89. The summed E-state index contributed by atoms with van der Waals surface area (Å²) in [6.45, 7) is 0. The van der Waals surface area contributed by atoms with Gasteiger partial charge in [-0.15, -0.1) is 10.2 Å². The number of hydrogen-bond donors (Lipinski definition) is 1. The smallest absolute Gasteiger partial charge is 0.247 e. The lowest BCUT2D eigenvalue weighted by Gasteiger charge is -2.03. The van der Waals surface area contributed by atoms with Gasteiger partial charge in [0.25, 0.3) is 0 Å². The van der Waals surface area contributed by atoms with E-state index in [0.717, 1.165) is 11.3 Å². The van der Waals surface area contributed by atoms with Crippen molar-refractivity contribution in [2.45, 2.75) is 12.8 Å². The van der Waals surface area contributed by atoms with Crippen molar-refractivity contribution >= 4 is 11.6 Å². The van der Waals surface area contributed by atoms with Crippen molar-refractivity contribution < 1.29 is 9.21 Å². The van der Waals surface area contributed by atoms with Crippen LogP contribution in [0.15, 0.2) is 59.3 Å². The summed E-state index contributed by atoms with van der Waals surface area (Å²) in [5, 5.41) is 10.7. The second-order valence-corrected chi connectivity index (χ2v) is 4.65. The Morgan fingerprint density at radius 3 is 2.59 bits per heavy atom. The number of para-hydroxylation sites is 1. The summed E-state index contributed by atoms with van der Waals surface area (Å²) in [5.41, 5.74) is 1.58. The van der Waals surface area contributed by atoms with Gasteiger partial charge in [0.2, 0.25) is 17.7 Å². The van der Waals surface area contributed by atoms with Crippen molar-refractivity contribution in [2.75, 3.05) is 5.32 Å². The standard InChI is InChI=1S/C16H14N4O2/c21-14(18-13-4-2-1-3-5-13)6-7-15-19-20-16(22-15)12-8-10-17-11-9-12/h1-5,8-11H,6-7H2,(H,18,21). The molecule has 6 heteroatoms. The minimum absolute atomic E-state index is 0.0881. The van der Waals surface area contributed by atoms with E-state index in [-0.39, 0.29) is 12.3 Å². The summed E-state index contributed by atoms with van der Waals surface area (Å²) in [6, 6.07) is 12.9. The second-order valence-electron chi connectivity index (χ2n) is 4.65. The van der Waals surface area contributed by atoms with E-state index in [4.69, 9.17) is 4.42 Å². The number of aromatic nitrogens is 3. The van der Waals surface area contributed by atoms with Crippen LogP contribution in [0.4, 0.5) is 5.69 Å². The van der Waals surface area contributed by atoms with Crippen LogP contribution in [-0.4, -0.2) is 21.1 Å². The van der Waals surface area contributed by atoms with Gasteiger partial charge < -0.3 is 9.73 Å². The molecular formula is C16H14N4O2. The Balaban J connectivity index is 1.56. The van der Waals surface area contributed by atoms with Gasteiger partial charge >= 0.3 is 0 Å². The van der Waals surface area contributed by atoms with E-state index in [9.17, 15) is 4.79 Å². The van der Waals surface area contributed by atoms with E-state index in [1.54, 1.807) is 24.5 Å². The molecular weight excluding hydrogens is 280 g/mol. The van der Waals surface area contributed by atoms with Crippen molar-refractivity contribution in [1.82, 2.24) is 15.2 Å². The highest BCUT2D eigenvalue weighted by Crippen LogP contribution is 2.17. The molecule has 1 N–H and O–H groups in total. The van der Waals surface area contributed by atoms with Crippen LogP contribution < -0.4 is 5.32 Å². The number of anilines is 1. The zero-order chi connectivity index (χ0) is 15.2. The number of aryl methyl sites for hydroxylation is 1. The fourth-order valence-electron chi connectivity index (χ4n) is 1.93. The first-order valence-electron chi connectivity index (χ1n) is 6.89. The molecule has 2 aromatic heterocycles. The van der Waals surface area contributed by atoms with E-state index >= 15 is 0 Å². The van der Waals surface area contributed by atoms with Gasteiger partial charge in [0.05, 0.1) is 0 Å². The summed E-state index contributed by atoms with van der Waals surface area (Å²) in [6.07, 6.45) is 4.00. The lowest BCUT2D eigenvalue weighted by molar-refractivity contribution is -0.116. The molecule has 0 atom stereocenters. The lowest BCUT2D eigenvalue weighted by Crippen LogP contribution is -2.12. The zero-order valence-electron chi connectivity index (χ0n) is 11.8. The number of benzene rings is 1. The number of pyridine rings is 1. The van der Waals surface area contributed by atoms with Crippen molar-refractivity contribution in [3.63, 3.8) is 0 Å². The fourth-order valence-corrected chi connectivity index (χ4v) is 1.93. The number of rotatable bonds is 5. The molecule has 0 aliphatic rings. The number of carbonyl (C=O) groups is 1. The van der Waals surface area contributed by atoms with Crippen LogP contribution in [0.1, 0.15) is 12.3 Å². The molecule has 0 radical (unpaired) electrons. The Morgan fingerprint density at radius 1 is 1.05 bits per heavy atom. The molecule has 6 nitrogen and oxygen atoms in total. The summed E-state index contributed by atoms with van der Waals surface area (Å²) >= 11 is 0. The maximum absolute atomic E-state index is 11.9. The van der Waals surface area contributed by atoms with Gasteiger partial charge in [-0.25, -0.2) is 0 Å². The van der Waals surface area contributed by atoms with Gasteiger partial charge in [-0.2, -0.15) is 0 Å². The first-order chi connectivity index (χ1) is 10.8. The van der Waals surface area contributed by atoms with E-state index in [2.05, 4.69) is 20.5 Å². The van der Waals surface area contributed by atoms with Crippen LogP contribution >= 0.6 is 0 Å². The summed E-state index contributed by atoms with van der Waals surface area (Å²) in [7, 11) is 0. The monoisotopic (exact) mass is 294 g/mol. The third kappa shape index (κ3) is 3.54. The molecule has 0 unspecified atom stereocenters. The van der Waals surface area contributed by atoms with Gasteiger partial charge in [0, 0.05) is 36.5 Å². The molecule has 2 heterocycles. The summed E-state index contributed by atoms with van der Waals surface area (Å²) in [4.78, 5) is 15.8. The van der Waals surface area contributed by atoms with Crippen LogP contribution in [-0.2, 0) is 11.2 Å². The SMILES string of the molecule is O=C(CCc1nnc(-c2ccncc2)o1)Nc1ccccc1. The maximum atomic E-state index is 11.9. The Bertz CT molecular complexity index is 741. The average Bonchev–Trinajstić information content (AvgIpc) is 3.04. The van der Waals surface area contributed by atoms with E-state index in [0.29, 0.717) is 18.2 Å². The highest BCUT2D eigenvalue weighted by molar-refractivity contribution is 5.90. The quantitative estimate of drug-likeness (QED) is 0.782. The van der Waals surface area contributed by atoms with Crippen molar-refractivity contribution in [1.29, 1.82) is 0 Å². The van der Waals surface area contributed by atoms with Gasteiger partial charge in [0.1, 0.15) is 0 Å². The topological polar surface area (TPSA) is 80.9 Å². The second kappa shape index (κ2) is 6.62. The molecule has 1 aromatic carbocycles. The van der Waals surface area contributed by atoms with Crippen molar-refractivity contribution in [3.05, 3.63) is 60.7 Å². The third-order valence-corrected chi connectivity index (χ3v) is 3.02. The molecule has 0 aliphatic carbocycles. The predicted octanol–water partition coefficient (Wildman–Crippen LogP) is 2.70. The minimum Gasteiger partial charge on any atom is -0.421 e. The van der Waals surface area contributed by atoms with Crippen LogP contribution in [0.3, 0.4) is 0 Å². The molecule has 0 fully saturated rings. The number of amides is 1. The molecule has 3 rings (SSSR count). The van der Waals surface area contributed by atoms with E-state index in [1.165, 1.54) is 0 Å². The Hall–Kier alpha value is -3.02. The van der Waals surface area contributed by atoms with Gasteiger partial charge in [-0.3, -0.25) is 9.78 Å². The van der Waals surface area contributed by atoms with Crippen molar-refractivity contribution in [3.8, 4) is 11.5 Å². The molecule has 0 bridgehead atoms. The normalized spacial score (nSPS) is 10.4. The van der Waals surface area contributed by atoms with E-state index in [1.807, 2.05) is 30.3 Å². The molecule has 22 heavy (non-hydrogen) atoms. The average molecular weight is 294 g/mol. The fraction of sp³-hybridized carbons (Fsp3) is 0.125. The number of hydrogen-bond acceptors (Lipinski definition) is 5. The van der Waals surface area contributed by atoms with Crippen molar-refractivity contribution in [2.24, 2.45) is 0 Å². The van der Waals surface area contributed by atoms with Gasteiger partial charge in [-0.1, -0.05) is 18.2 Å². The zero-order valence-corrected chi connectivity index (χ0v) is 11.8. The first kappa shape index (κ1) is 13.9. The minimum atomic E-state index is -0.0881. The molecule has 0 saturated heterocycles. The molecule has 0 aliphatic heterocycles. The number of carbonyl (C=O) groups excluding carboxylic acids is 1. The van der Waals surface area contributed by atoms with Crippen LogP contribution in [0, 0.1) is 0 Å². The molecule has 0 spiro atoms. The summed E-state index contributed by atoms with van der Waals surface area (Å²) < 4.78 is 5.54. The Kier molecular flexibility index (Phi) is 4.20. The molecule has 3 aromatic rings. The van der Waals surface area contributed by atoms with Crippen LogP contribution in [0.5, 0.6) is 0 Å². The molecule has 0 saturated carbocycles. The van der Waals surface area contributed by atoms with Crippen LogP contribution in [0.25, 0.3) is 11.5 Å². The highest BCUT2D eigenvalue weighted by Gasteiger charge is 2.10. The Morgan fingerprint density at radius 2 is 1.82 bits per heavy atom. The van der Waals surface area contributed by atoms with Crippen LogP contribution in [0.2, 0.25) is 0 Å². The van der Waals surface area contributed by atoms with Gasteiger partial charge in [-0.05, 0) is 24.3 Å². The number of nitrogens with zero attached hydrogens (tertiary/aromatic N) is 3. The maximum Gasteiger partial charge on any atom is 0.247 e. The summed E-state index contributed by atoms with van der Waals surface area (Å²) in [5.74, 6) is 0.783. The highest BCUT2D eigenvalue weighted by atomic mass is 16.4. The predicted molar refractivity (Wildman–Crippen MR) is 80.9 cm³/mol. The number of nitrogens with one attached hydrogen (secondary N) is 1. The molecule has 1 amide bonds. The largest absolute Gasteiger partial charge is 0.421 e. The lowest BCUT2D eigenvalue weighted by atomic mass is 10.2. The van der Waals surface area contributed by atoms with Gasteiger partial charge in [0.15, 0.2) is 0 Å². The Labute approximate surface area is 127 Å². The third-order valence-electron chi connectivity index (χ3n) is 3.02.